The fraction of sp³-hybridized carbons (Fsp3) is 0.889. The molecule has 0 saturated heterocycles. The van der Waals surface area contributed by atoms with Gasteiger partial charge in [-0.25, -0.2) is 0 Å². The third-order valence-electron chi connectivity index (χ3n) is 1.79. The van der Waals surface area contributed by atoms with Crippen LogP contribution >= 0.6 is 0 Å². The summed E-state index contributed by atoms with van der Waals surface area (Å²) in [5, 5.41) is 19.1. The number of aliphatic carboxylic acids is 1. The quantitative estimate of drug-likeness (QED) is 0.374. The van der Waals surface area contributed by atoms with E-state index in [1.807, 2.05) is 0 Å². The molecule has 72 valence electrons. The number of aliphatic hydroxyl groups is 1. The first-order valence-corrected chi connectivity index (χ1v) is 4.54. The first-order chi connectivity index (χ1) is 5.66. The van der Waals surface area contributed by atoms with Crippen molar-refractivity contribution in [3.8, 4) is 0 Å². The SMILES string of the molecule is CCCCCCC(O)CC(=O)[O-].[K+]. The van der Waals surface area contributed by atoms with E-state index in [1.165, 1.54) is 0 Å². The van der Waals surface area contributed by atoms with E-state index >= 15 is 0 Å². The summed E-state index contributed by atoms with van der Waals surface area (Å²) in [7, 11) is 0. The molecule has 0 aliphatic heterocycles. The summed E-state index contributed by atoms with van der Waals surface area (Å²) < 4.78 is 0. The second-order valence-corrected chi connectivity index (χ2v) is 3.08. The molecule has 0 amide bonds. The van der Waals surface area contributed by atoms with Crippen molar-refractivity contribution >= 4 is 5.97 Å². The van der Waals surface area contributed by atoms with Gasteiger partial charge in [-0.15, -0.1) is 0 Å². The monoisotopic (exact) mass is 212 g/mol. The molecule has 0 aliphatic rings. The number of carbonyl (C=O) groups is 1. The fourth-order valence-electron chi connectivity index (χ4n) is 1.10. The summed E-state index contributed by atoms with van der Waals surface area (Å²) in [6.45, 7) is 2.11. The van der Waals surface area contributed by atoms with E-state index in [2.05, 4.69) is 6.92 Å². The molecule has 0 heterocycles. The topological polar surface area (TPSA) is 60.4 Å². The molecule has 0 fully saturated rings. The van der Waals surface area contributed by atoms with E-state index < -0.39 is 12.1 Å². The zero-order chi connectivity index (χ0) is 9.40. The normalized spacial score (nSPS) is 11.8. The zero-order valence-electron chi connectivity index (χ0n) is 8.58. The summed E-state index contributed by atoms with van der Waals surface area (Å²) in [5.74, 6) is -1.17. The van der Waals surface area contributed by atoms with Gasteiger partial charge in [-0.2, -0.15) is 0 Å². The number of hydrogen-bond acceptors (Lipinski definition) is 3. The molecule has 1 unspecified atom stereocenters. The van der Waals surface area contributed by atoms with Crippen LogP contribution in [0, 0.1) is 0 Å². The Hall–Kier alpha value is 1.07. The van der Waals surface area contributed by atoms with Crippen LogP contribution in [-0.4, -0.2) is 17.2 Å². The average molecular weight is 212 g/mol. The number of carboxylic acid groups (broad SMARTS) is 1. The Labute approximate surface area is 122 Å². The number of carbonyl (C=O) groups excluding carboxylic acids is 1. The van der Waals surface area contributed by atoms with Crippen molar-refractivity contribution in [1.29, 1.82) is 0 Å². The fourth-order valence-corrected chi connectivity index (χ4v) is 1.10. The predicted molar refractivity (Wildman–Crippen MR) is 44.4 cm³/mol. The van der Waals surface area contributed by atoms with Gasteiger partial charge in [0, 0.05) is 12.4 Å². The number of aliphatic hydroxyl groups excluding tert-OH is 1. The van der Waals surface area contributed by atoms with E-state index in [0.717, 1.165) is 25.7 Å². The Morgan fingerprint density at radius 2 is 2.00 bits per heavy atom. The maximum atomic E-state index is 10.0. The van der Waals surface area contributed by atoms with E-state index in [4.69, 9.17) is 5.11 Å². The summed E-state index contributed by atoms with van der Waals surface area (Å²) in [5.41, 5.74) is 0. The maximum Gasteiger partial charge on any atom is 1.00 e. The summed E-state index contributed by atoms with van der Waals surface area (Å²) in [4.78, 5) is 10.0. The van der Waals surface area contributed by atoms with Crippen LogP contribution in [0.15, 0.2) is 0 Å². The van der Waals surface area contributed by atoms with E-state index in [9.17, 15) is 9.90 Å². The molecule has 3 nitrogen and oxygen atoms in total. The Morgan fingerprint density at radius 1 is 1.38 bits per heavy atom. The smallest absolute Gasteiger partial charge is 0.550 e. The van der Waals surface area contributed by atoms with Gasteiger partial charge in [0.15, 0.2) is 0 Å². The van der Waals surface area contributed by atoms with Gasteiger partial charge >= 0.3 is 51.4 Å². The van der Waals surface area contributed by atoms with Crippen LogP contribution < -0.4 is 56.5 Å². The first-order valence-electron chi connectivity index (χ1n) is 4.54. The van der Waals surface area contributed by atoms with Crippen LogP contribution in [-0.2, 0) is 4.79 Å². The van der Waals surface area contributed by atoms with Gasteiger partial charge in [-0.1, -0.05) is 32.6 Å². The van der Waals surface area contributed by atoms with Gasteiger partial charge in [-0.3, -0.25) is 0 Å². The molecule has 0 rings (SSSR count). The van der Waals surface area contributed by atoms with E-state index in [0.29, 0.717) is 6.42 Å². The van der Waals surface area contributed by atoms with Crippen LogP contribution in [0.4, 0.5) is 0 Å². The van der Waals surface area contributed by atoms with Crippen molar-refractivity contribution in [2.45, 2.75) is 51.6 Å². The van der Waals surface area contributed by atoms with Crippen LogP contribution in [0.25, 0.3) is 0 Å². The van der Waals surface area contributed by atoms with Gasteiger partial charge in [0.2, 0.25) is 0 Å². The van der Waals surface area contributed by atoms with Crippen molar-refractivity contribution in [2.75, 3.05) is 0 Å². The van der Waals surface area contributed by atoms with Crippen LogP contribution in [0.3, 0.4) is 0 Å². The molecule has 0 bridgehead atoms. The van der Waals surface area contributed by atoms with Crippen LogP contribution in [0.5, 0.6) is 0 Å². The minimum atomic E-state index is -1.17. The molecule has 0 radical (unpaired) electrons. The molecule has 1 atom stereocenters. The molecule has 1 N–H and O–H groups in total. The maximum absolute atomic E-state index is 10.0. The Kier molecular flexibility index (Phi) is 14.1. The Morgan fingerprint density at radius 3 is 2.46 bits per heavy atom. The van der Waals surface area contributed by atoms with Crippen molar-refractivity contribution in [3.05, 3.63) is 0 Å². The first kappa shape index (κ1) is 16.5. The van der Waals surface area contributed by atoms with Crippen molar-refractivity contribution < 1.29 is 66.4 Å². The number of unbranched alkanes of at least 4 members (excludes halogenated alkanes) is 3. The Bertz CT molecular complexity index is 128. The van der Waals surface area contributed by atoms with Crippen LogP contribution in [0.1, 0.15) is 45.4 Å². The summed E-state index contributed by atoms with van der Waals surface area (Å²) >= 11 is 0. The average Bonchev–Trinajstić information content (AvgIpc) is 1.97. The number of rotatable bonds is 7. The molecule has 0 aromatic carbocycles. The van der Waals surface area contributed by atoms with Gasteiger partial charge in [0.05, 0.1) is 6.10 Å². The predicted octanol–water partition coefficient (Wildman–Crippen LogP) is -2.54. The number of hydrogen-bond donors (Lipinski definition) is 1. The second-order valence-electron chi connectivity index (χ2n) is 3.08. The van der Waals surface area contributed by atoms with Gasteiger partial charge in [0.1, 0.15) is 0 Å². The molecule has 0 saturated carbocycles. The summed E-state index contributed by atoms with van der Waals surface area (Å²) in [6.07, 6.45) is 3.91. The molecular formula is C9H17KO3. The van der Waals surface area contributed by atoms with Gasteiger partial charge in [0.25, 0.3) is 0 Å². The molecule has 0 aromatic rings. The van der Waals surface area contributed by atoms with Crippen molar-refractivity contribution in [3.63, 3.8) is 0 Å². The van der Waals surface area contributed by atoms with Gasteiger partial charge in [-0.05, 0) is 6.42 Å². The molecule has 13 heavy (non-hydrogen) atoms. The van der Waals surface area contributed by atoms with Crippen molar-refractivity contribution in [1.82, 2.24) is 0 Å². The summed E-state index contributed by atoms with van der Waals surface area (Å²) in [6, 6.07) is 0. The van der Waals surface area contributed by atoms with Crippen molar-refractivity contribution in [2.24, 2.45) is 0 Å². The number of carboxylic acids is 1. The second kappa shape index (κ2) is 11.1. The third kappa shape index (κ3) is 13.1. The van der Waals surface area contributed by atoms with Crippen LogP contribution in [0.2, 0.25) is 0 Å². The molecule has 4 heteroatoms. The zero-order valence-corrected chi connectivity index (χ0v) is 11.7. The third-order valence-corrected chi connectivity index (χ3v) is 1.79. The molecule has 0 aromatic heterocycles. The molecular weight excluding hydrogens is 195 g/mol. The minimum Gasteiger partial charge on any atom is -0.550 e. The van der Waals surface area contributed by atoms with Gasteiger partial charge < -0.3 is 15.0 Å². The molecule has 0 spiro atoms. The van der Waals surface area contributed by atoms with E-state index in [-0.39, 0.29) is 57.8 Å². The standard InChI is InChI=1S/C9H18O3.K/c1-2-3-4-5-6-8(10)7-9(11)12;/h8,10H,2-7H2,1H3,(H,11,12);/q;+1/p-1. The minimum absolute atomic E-state index is 0. The van der Waals surface area contributed by atoms with E-state index in [1.54, 1.807) is 0 Å². The molecule has 0 aliphatic carbocycles. The largest absolute Gasteiger partial charge is 1.00 e. The Balaban J connectivity index is 0.